The van der Waals surface area contributed by atoms with E-state index in [-0.39, 0.29) is 10.8 Å². The highest BCUT2D eigenvalue weighted by atomic mass is 35.5. The van der Waals surface area contributed by atoms with Gasteiger partial charge in [-0.1, -0.05) is 6.42 Å². The fraction of sp³-hybridized carbons (Fsp3) is 0.562. The van der Waals surface area contributed by atoms with Gasteiger partial charge >= 0.3 is 0 Å². The van der Waals surface area contributed by atoms with Gasteiger partial charge in [-0.25, -0.2) is 8.42 Å². The van der Waals surface area contributed by atoms with E-state index < -0.39 is 20.3 Å². The quantitative estimate of drug-likeness (QED) is 0.762. The molecule has 1 amide bonds. The third-order valence-electron chi connectivity index (χ3n) is 4.52. The van der Waals surface area contributed by atoms with E-state index in [0.29, 0.717) is 30.9 Å². The van der Waals surface area contributed by atoms with Crippen molar-refractivity contribution < 1.29 is 17.9 Å². The van der Waals surface area contributed by atoms with Crippen LogP contribution < -0.4 is 10.1 Å². The van der Waals surface area contributed by atoms with E-state index in [1.165, 1.54) is 29.6 Å². The molecule has 0 radical (unpaired) electrons. The third-order valence-corrected chi connectivity index (χ3v) is 7.25. The number of carbonyl (C=O) groups is 1. The molecule has 1 aliphatic carbocycles. The lowest BCUT2D eigenvalue weighted by Gasteiger charge is -2.26. The largest absolute Gasteiger partial charge is 0.495 e. The lowest BCUT2D eigenvalue weighted by Crippen LogP contribution is -2.35. The van der Waals surface area contributed by atoms with Crippen LogP contribution in [0.4, 0.5) is 5.69 Å². The van der Waals surface area contributed by atoms with E-state index in [1.807, 2.05) is 0 Å². The lowest BCUT2D eigenvalue weighted by atomic mass is 10.2. The van der Waals surface area contributed by atoms with Crippen molar-refractivity contribution in [2.75, 3.05) is 25.5 Å². The molecule has 0 aromatic heterocycles. The van der Waals surface area contributed by atoms with Crippen molar-refractivity contribution in [2.45, 2.75) is 34.9 Å². The topological polar surface area (TPSA) is 75.7 Å². The molecule has 2 fully saturated rings. The minimum absolute atomic E-state index is 0.129. The number of nitrogens with one attached hydrogen (secondary N) is 1. The van der Waals surface area contributed by atoms with E-state index in [0.717, 1.165) is 19.3 Å². The Morgan fingerprint density at radius 3 is 2.48 bits per heavy atom. The van der Waals surface area contributed by atoms with Crippen molar-refractivity contribution in [1.29, 1.82) is 0 Å². The van der Waals surface area contributed by atoms with Crippen molar-refractivity contribution in [3.63, 3.8) is 0 Å². The molecule has 2 aliphatic rings. The van der Waals surface area contributed by atoms with E-state index >= 15 is 0 Å². The summed E-state index contributed by atoms with van der Waals surface area (Å²) in [6, 6.07) is 4.45. The highest BCUT2D eigenvalue weighted by Crippen LogP contribution is 2.53. The van der Waals surface area contributed by atoms with Crippen LogP contribution >= 0.6 is 23.2 Å². The Kier molecular flexibility index (Phi) is 5.21. The number of piperidine rings is 1. The smallest absolute Gasteiger partial charge is 0.243 e. The van der Waals surface area contributed by atoms with Gasteiger partial charge in [-0.05, 0) is 37.5 Å². The molecule has 6 nitrogen and oxygen atoms in total. The van der Waals surface area contributed by atoms with Gasteiger partial charge in [-0.3, -0.25) is 4.79 Å². The van der Waals surface area contributed by atoms with Gasteiger partial charge in [0.05, 0.1) is 23.6 Å². The molecule has 1 aliphatic heterocycles. The SMILES string of the molecule is COc1ccc(S(=O)(=O)N2CCCCC2)cc1NC(=O)[C@@H]1CC1(Cl)Cl. The Labute approximate surface area is 157 Å². The molecule has 1 aromatic rings. The average molecular weight is 407 g/mol. The number of sulfonamides is 1. The second-order valence-electron chi connectivity index (χ2n) is 6.33. The van der Waals surface area contributed by atoms with Crippen LogP contribution in [-0.2, 0) is 14.8 Å². The van der Waals surface area contributed by atoms with Gasteiger partial charge in [0.15, 0.2) is 0 Å². The van der Waals surface area contributed by atoms with Gasteiger partial charge in [0, 0.05) is 13.1 Å². The summed E-state index contributed by atoms with van der Waals surface area (Å²) in [5, 5.41) is 2.68. The number of nitrogens with zero attached hydrogens (tertiary/aromatic N) is 1. The first-order chi connectivity index (χ1) is 11.8. The zero-order valence-corrected chi connectivity index (χ0v) is 16.1. The molecular formula is C16H20Cl2N2O4S. The zero-order valence-electron chi connectivity index (χ0n) is 13.8. The van der Waals surface area contributed by atoms with Crippen LogP contribution in [0.1, 0.15) is 25.7 Å². The predicted molar refractivity (Wildman–Crippen MR) is 96.8 cm³/mol. The van der Waals surface area contributed by atoms with Crippen LogP contribution in [0.2, 0.25) is 0 Å². The number of rotatable bonds is 5. The van der Waals surface area contributed by atoms with Crippen molar-refractivity contribution in [1.82, 2.24) is 4.31 Å². The van der Waals surface area contributed by atoms with Gasteiger partial charge < -0.3 is 10.1 Å². The standard InChI is InChI=1S/C16H20Cl2N2O4S/c1-24-14-6-5-11(25(22,23)20-7-3-2-4-8-20)9-13(14)19-15(21)12-10-16(12,17)18/h5-6,9,12H,2-4,7-8,10H2,1H3,(H,19,21)/t12-/m0/s1. The predicted octanol–water partition coefficient (Wildman–Crippen LogP) is 3.00. The summed E-state index contributed by atoms with van der Waals surface area (Å²) < 4.78 is 31.3. The molecule has 138 valence electrons. The highest BCUT2D eigenvalue weighted by Gasteiger charge is 2.56. The number of ether oxygens (including phenoxy) is 1. The van der Waals surface area contributed by atoms with Crippen LogP contribution in [0, 0.1) is 5.92 Å². The van der Waals surface area contributed by atoms with E-state index in [1.54, 1.807) is 0 Å². The summed E-state index contributed by atoms with van der Waals surface area (Å²) in [6.45, 7) is 1.03. The summed E-state index contributed by atoms with van der Waals surface area (Å²) in [5.41, 5.74) is 0.293. The molecule has 1 N–H and O–H groups in total. The van der Waals surface area contributed by atoms with Gasteiger partial charge in [0.25, 0.3) is 0 Å². The maximum Gasteiger partial charge on any atom is 0.243 e. The summed E-state index contributed by atoms with van der Waals surface area (Å²) in [5.74, 6) is -0.486. The van der Waals surface area contributed by atoms with Crippen molar-refractivity contribution in [3.05, 3.63) is 18.2 Å². The third kappa shape index (κ3) is 3.89. The molecule has 25 heavy (non-hydrogen) atoms. The number of benzene rings is 1. The maximum atomic E-state index is 12.8. The molecule has 0 spiro atoms. The minimum Gasteiger partial charge on any atom is -0.495 e. The van der Waals surface area contributed by atoms with Gasteiger partial charge in [-0.15, -0.1) is 23.2 Å². The van der Waals surface area contributed by atoms with Crippen LogP contribution in [0.25, 0.3) is 0 Å². The molecule has 1 heterocycles. The Bertz CT molecular complexity index is 776. The molecule has 0 bridgehead atoms. The first-order valence-electron chi connectivity index (χ1n) is 8.12. The molecule has 9 heteroatoms. The van der Waals surface area contributed by atoms with Crippen LogP contribution in [0.5, 0.6) is 5.75 Å². The van der Waals surface area contributed by atoms with Gasteiger partial charge in [-0.2, -0.15) is 4.31 Å². The van der Waals surface area contributed by atoms with Crippen LogP contribution in [0.3, 0.4) is 0 Å². The number of carbonyl (C=O) groups excluding carboxylic acids is 1. The van der Waals surface area contributed by atoms with E-state index in [4.69, 9.17) is 27.9 Å². The van der Waals surface area contributed by atoms with Crippen molar-refractivity contribution in [3.8, 4) is 5.75 Å². The van der Waals surface area contributed by atoms with Crippen molar-refractivity contribution >= 4 is 44.8 Å². The van der Waals surface area contributed by atoms with E-state index in [9.17, 15) is 13.2 Å². The number of alkyl halides is 2. The Morgan fingerprint density at radius 2 is 1.92 bits per heavy atom. The van der Waals surface area contributed by atoms with Crippen molar-refractivity contribution in [2.24, 2.45) is 5.92 Å². The fourth-order valence-corrected chi connectivity index (χ4v) is 4.97. The normalized spacial score (nSPS) is 23.1. The van der Waals surface area contributed by atoms with Crippen LogP contribution in [0.15, 0.2) is 23.1 Å². The monoisotopic (exact) mass is 406 g/mol. The molecular weight excluding hydrogens is 387 g/mol. The minimum atomic E-state index is -3.60. The fourth-order valence-electron chi connectivity index (χ4n) is 2.92. The highest BCUT2D eigenvalue weighted by molar-refractivity contribution is 7.89. The number of hydrogen-bond acceptors (Lipinski definition) is 4. The Hall–Kier alpha value is -1.02. The first-order valence-corrected chi connectivity index (χ1v) is 10.3. The summed E-state index contributed by atoms with van der Waals surface area (Å²) >= 11 is 11.8. The Balaban J connectivity index is 1.85. The van der Waals surface area contributed by atoms with Gasteiger partial charge in [0.1, 0.15) is 10.1 Å². The molecule has 3 rings (SSSR count). The number of halogens is 2. The number of hydrogen-bond donors (Lipinski definition) is 1. The average Bonchev–Trinajstić information content (AvgIpc) is 3.24. The number of amides is 1. The molecule has 1 saturated carbocycles. The van der Waals surface area contributed by atoms with Gasteiger partial charge in [0.2, 0.25) is 15.9 Å². The van der Waals surface area contributed by atoms with Crippen LogP contribution in [-0.4, -0.2) is 43.2 Å². The number of methoxy groups -OCH3 is 1. The second kappa shape index (κ2) is 6.95. The summed E-state index contributed by atoms with van der Waals surface area (Å²) in [4.78, 5) is 12.4. The Morgan fingerprint density at radius 1 is 1.28 bits per heavy atom. The zero-order chi connectivity index (χ0) is 18.2. The summed E-state index contributed by atoms with van der Waals surface area (Å²) in [7, 11) is -2.15. The molecule has 1 aromatic carbocycles. The van der Waals surface area contributed by atoms with E-state index in [2.05, 4.69) is 5.32 Å². The lowest BCUT2D eigenvalue weighted by molar-refractivity contribution is -0.117. The summed E-state index contributed by atoms with van der Waals surface area (Å²) in [6.07, 6.45) is 3.12. The second-order valence-corrected chi connectivity index (χ2v) is 9.81. The molecule has 0 unspecified atom stereocenters. The molecule has 1 atom stereocenters. The number of anilines is 1. The molecule has 1 saturated heterocycles. The maximum absolute atomic E-state index is 12.8. The first kappa shape index (κ1) is 18.8.